The fourth-order valence-electron chi connectivity index (χ4n) is 3.19. The van der Waals surface area contributed by atoms with Crippen LogP contribution in [0.2, 0.25) is 0 Å². The molecule has 2 amide bonds. The number of carbonyl (C=O) groups is 2. The first kappa shape index (κ1) is 16.6. The molecule has 1 aromatic heterocycles. The molecule has 3 rings (SSSR count). The smallest absolute Gasteiger partial charge is 0.271 e. The molecule has 2 saturated heterocycles. The van der Waals surface area contributed by atoms with Crippen molar-refractivity contribution in [2.75, 3.05) is 26.2 Å². The highest BCUT2D eigenvalue weighted by atomic mass is 16.2. The number of piperidine rings is 1. The van der Waals surface area contributed by atoms with Gasteiger partial charge in [0.25, 0.3) is 11.5 Å². The van der Waals surface area contributed by atoms with Gasteiger partial charge in [-0.05, 0) is 18.3 Å². The van der Waals surface area contributed by atoms with Crippen LogP contribution in [0.1, 0.15) is 37.2 Å². The van der Waals surface area contributed by atoms with Crippen LogP contribution in [0.4, 0.5) is 0 Å². The summed E-state index contributed by atoms with van der Waals surface area (Å²) in [6.07, 6.45) is 3.58. The van der Waals surface area contributed by atoms with Gasteiger partial charge in [-0.1, -0.05) is 13.8 Å². The summed E-state index contributed by atoms with van der Waals surface area (Å²) in [5, 5.41) is 6.44. The van der Waals surface area contributed by atoms with E-state index >= 15 is 0 Å². The summed E-state index contributed by atoms with van der Waals surface area (Å²) in [4.78, 5) is 44.2. The van der Waals surface area contributed by atoms with Gasteiger partial charge < -0.3 is 20.5 Å². The molecule has 0 aliphatic carbocycles. The second kappa shape index (κ2) is 6.01. The molecule has 8 nitrogen and oxygen atoms in total. The van der Waals surface area contributed by atoms with Crippen molar-refractivity contribution >= 4 is 11.8 Å². The molecule has 1 spiro atoms. The lowest BCUT2D eigenvalue weighted by Crippen LogP contribution is -2.61. The van der Waals surface area contributed by atoms with Crippen LogP contribution in [0.5, 0.6) is 0 Å². The van der Waals surface area contributed by atoms with Gasteiger partial charge in [-0.3, -0.25) is 19.4 Å². The maximum atomic E-state index is 12.5. The Balaban J connectivity index is 1.70. The standard InChI is InChI=1S/C16H23N5O3/c1-15(2)9-18-14(24)16(19-10-15)3-5-21(6-4-16)13(23)11-7-17-8-12(22)20-11/h7-8,19H,3-6,9-10H2,1-2H3,(H,18,24)(H,20,22). The van der Waals surface area contributed by atoms with Crippen molar-refractivity contribution in [2.24, 2.45) is 5.41 Å². The minimum Gasteiger partial charge on any atom is -0.354 e. The monoisotopic (exact) mass is 333 g/mol. The number of carbonyl (C=O) groups excluding carboxylic acids is 2. The van der Waals surface area contributed by atoms with E-state index in [1.54, 1.807) is 4.90 Å². The Morgan fingerprint density at radius 1 is 1.17 bits per heavy atom. The van der Waals surface area contributed by atoms with Gasteiger partial charge in [-0.25, -0.2) is 0 Å². The van der Waals surface area contributed by atoms with E-state index in [1.807, 2.05) is 0 Å². The Kier molecular flexibility index (Phi) is 4.16. The Morgan fingerprint density at radius 3 is 2.54 bits per heavy atom. The number of hydrogen-bond acceptors (Lipinski definition) is 5. The molecule has 130 valence electrons. The van der Waals surface area contributed by atoms with Crippen molar-refractivity contribution in [3.8, 4) is 0 Å². The van der Waals surface area contributed by atoms with E-state index in [0.29, 0.717) is 32.5 Å². The summed E-state index contributed by atoms with van der Waals surface area (Å²) >= 11 is 0. The number of H-pyrrole nitrogens is 1. The summed E-state index contributed by atoms with van der Waals surface area (Å²) in [6.45, 7) is 6.51. The molecule has 2 fully saturated rings. The van der Waals surface area contributed by atoms with Gasteiger partial charge in [-0.2, -0.15) is 0 Å². The molecule has 3 N–H and O–H groups in total. The quantitative estimate of drug-likeness (QED) is 0.642. The molecule has 0 bridgehead atoms. The topological polar surface area (TPSA) is 107 Å². The number of likely N-dealkylation sites (tertiary alicyclic amines) is 1. The van der Waals surface area contributed by atoms with Crippen molar-refractivity contribution < 1.29 is 9.59 Å². The molecule has 0 unspecified atom stereocenters. The van der Waals surface area contributed by atoms with Gasteiger partial charge in [0.2, 0.25) is 5.91 Å². The van der Waals surface area contributed by atoms with E-state index in [-0.39, 0.29) is 22.9 Å². The Morgan fingerprint density at radius 2 is 1.88 bits per heavy atom. The Labute approximate surface area is 140 Å². The first-order chi connectivity index (χ1) is 11.3. The SMILES string of the molecule is CC1(C)CNC(=O)C2(CCN(C(=O)c3cncc(=O)[nH]3)CC2)NC1. The molecular weight excluding hydrogens is 310 g/mol. The Hall–Kier alpha value is -2.22. The van der Waals surface area contributed by atoms with Crippen molar-refractivity contribution in [3.05, 3.63) is 28.4 Å². The van der Waals surface area contributed by atoms with E-state index < -0.39 is 11.1 Å². The minimum absolute atomic E-state index is 0.00130. The number of rotatable bonds is 1. The average Bonchev–Trinajstić information content (AvgIpc) is 2.67. The van der Waals surface area contributed by atoms with Crippen LogP contribution in [0.25, 0.3) is 0 Å². The number of aromatic amines is 1. The molecule has 2 aliphatic rings. The number of amides is 2. The molecule has 8 heteroatoms. The molecule has 24 heavy (non-hydrogen) atoms. The summed E-state index contributed by atoms with van der Waals surface area (Å²) < 4.78 is 0. The van der Waals surface area contributed by atoms with Crippen LogP contribution in [-0.4, -0.2) is 58.4 Å². The lowest BCUT2D eigenvalue weighted by Gasteiger charge is -2.40. The molecule has 0 radical (unpaired) electrons. The van der Waals surface area contributed by atoms with Gasteiger partial charge >= 0.3 is 0 Å². The van der Waals surface area contributed by atoms with Crippen LogP contribution in [-0.2, 0) is 4.79 Å². The van der Waals surface area contributed by atoms with E-state index in [2.05, 4.69) is 34.4 Å². The van der Waals surface area contributed by atoms with Crippen molar-refractivity contribution in [1.29, 1.82) is 0 Å². The predicted octanol–water partition coefficient (Wildman–Crippen LogP) is -0.510. The summed E-state index contributed by atoms with van der Waals surface area (Å²) in [6, 6.07) is 0. The van der Waals surface area contributed by atoms with Crippen LogP contribution in [0, 0.1) is 5.41 Å². The molecule has 0 saturated carbocycles. The maximum absolute atomic E-state index is 12.5. The molecule has 2 aliphatic heterocycles. The third-order valence-corrected chi connectivity index (χ3v) is 4.86. The predicted molar refractivity (Wildman–Crippen MR) is 87.5 cm³/mol. The summed E-state index contributed by atoms with van der Waals surface area (Å²) in [5.41, 5.74) is -0.840. The fourth-order valence-corrected chi connectivity index (χ4v) is 3.19. The van der Waals surface area contributed by atoms with E-state index in [9.17, 15) is 14.4 Å². The lowest BCUT2D eigenvalue weighted by atomic mass is 9.86. The highest BCUT2D eigenvalue weighted by Gasteiger charge is 2.45. The minimum atomic E-state index is -0.618. The highest BCUT2D eigenvalue weighted by molar-refractivity contribution is 5.92. The second-order valence-corrected chi connectivity index (χ2v) is 7.38. The third-order valence-electron chi connectivity index (χ3n) is 4.86. The average molecular weight is 333 g/mol. The van der Waals surface area contributed by atoms with E-state index in [0.717, 1.165) is 12.7 Å². The van der Waals surface area contributed by atoms with E-state index in [4.69, 9.17) is 0 Å². The van der Waals surface area contributed by atoms with Gasteiger partial charge in [0.05, 0.1) is 12.4 Å². The zero-order chi connectivity index (χ0) is 17.4. The van der Waals surface area contributed by atoms with Crippen LogP contribution in [0.3, 0.4) is 0 Å². The van der Waals surface area contributed by atoms with Crippen LogP contribution < -0.4 is 16.2 Å². The van der Waals surface area contributed by atoms with Crippen molar-refractivity contribution in [1.82, 2.24) is 25.5 Å². The molecule has 1 aromatic rings. The van der Waals surface area contributed by atoms with Gasteiger partial charge in [-0.15, -0.1) is 0 Å². The van der Waals surface area contributed by atoms with Crippen molar-refractivity contribution in [2.45, 2.75) is 32.2 Å². The van der Waals surface area contributed by atoms with Crippen molar-refractivity contribution in [3.63, 3.8) is 0 Å². The molecule has 0 aromatic carbocycles. The largest absolute Gasteiger partial charge is 0.354 e. The highest BCUT2D eigenvalue weighted by Crippen LogP contribution is 2.27. The van der Waals surface area contributed by atoms with Gasteiger partial charge in [0.1, 0.15) is 11.2 Å². The normalized spacial score (nSPS) is 22.8. The number of aromatic nitrogens is 2. The molecule has 3 heterocycles. The second-order valence-electron chi connectivity index (χ2n) is 7.38. The number of nitrogens with one attached hydrogen (secondary N) is 3. The number of hydrogen-bond donors (Lipinski definition) is 3. The van der Waals surface area contributed by atoms with Gasteiger partial charge in [0.15, 0.2) is 0 Å². The maximum Gasteiger partial charge on any atom is 0.271 e. The first-order valence-electron chi connectivity index (χ1n) is 8.18. The molecule has 0 atom stereocenters. The third kappa shape index (κ3) is 3.19. The van der Waals surface area contributed by atoms with E-state index in [1.165, 1.54) is 6.20 Å². The van der Waals surface area contributed by atoms with Gasteiger partial charge in [0, 0.05) is 26.2 Å². The number of nitrogens with zero attached hydrogens (tertiary/aromatic N) is 2. The lowest BCUT2D eigenvalue weighted by molar-refractivity contribution is -0.128. The molecular formula is C16H23N5O3. The van der Waals surface area contributed by atoms with Crippen LogP contribution in [0.15, 0.2) is 17.2 Å². The first-order valence-corrected chi connectivity index (χ1v) is 8.18. The zero-order valence-electron chi connectivity index (χ0n) is 14.0. The zero-order valence-corrected chi connectivity index (χ0v) is 14.0. The summed E-state index contributed by atoms with van der Waals surface area (Å²) in [7, 11) is 0. The fraction of sp³-hybridized carbons (Fsp3) is 0.625. The summed E-state index contributed by atoms with van der Waals surface area (Å²) in [5.74, 6) is -0.251. The Bertz CT molecular complexity index is 704. The van der Waals surface area contributed by atoms with Crippen LogP contribution >= 0.6 is 0 Å².